The summed E-state index contributed by atoms with van der Waals surface area (Å²) < 4.78 is 0. The van der Waals surface area contributed by atoms with Gasteiger partial charge in [0, 0.05) is 18.7 Å². The van der Waals surface area contributed by atoms with E-state index < -0.39 is 0 Å². The molecule has 7 heteroatoms. The Labute approximate surface area is 146 Å². The van der Waals surface area contributed by atoms with Crippen LogP contribution in [0.2, 0.25) is 0 Å². The normalized spacial score (nSPS) is 10.8. The molecule has 0 aliphatic rings. The Morgan fingerprint density at radius 1 is 1.21 bits per heavy atom. The van der Waals surface area contributed by atoms with Crippen LogP contribution in [0.3, 0.4) is 0 Å². The summed E-state index contributed by atoms with van der Waals surface area (Å²) in [5.41, 5.74) is 2.19. The molecular formula is C17H24N4O2S. The number of anilines is 1. The molecule has 0 saturated heterocycles. The van der Waals surface area contributed by atoms with Crippen molar-refractivity contribution in [2.75, 3.05) is 25.5 Å². The molecule has 0 atom stereocenters. The molecule has 1 aromatic carbocycles. The maximum absolute atomic E-state index is 10.8. The van der Waals surface area contributed by atoms with Crippen molar-refractivity contribution in [1.82, 2.24) is 10.3 Å². The number of non-ortho nitro benzene ring substituents is 1. The lowest BCUT2D eigenvalue weighted by atomic mass is 10.1. The zero-order valence-electron chi connectivity index (χ0n) is 14.2. The Balaban J connectivity index is 2.15. The number of thiazole rings is 1. The van der Waals surface area contributed by atoms with Crippen molar-refractivity contribution in [1.29, 1.82) is 0 Å². The molecule has 0 saturated carbocycles. The van der Waals surface area contributed by atoms with Crippen molar-refractivity contribution >= 4 is 22.2 Å². The van der Waals surface area contributed by atoms with Gasteiger partial charge < -0.3 is 10.6 Å². The fourth-order valence-corrected chi connectivity index (χ4v) is 3.56. The second kappa shape index (κ2) is 9.34. The summed E-state index contributed by atoms with van der Waals surface area (Å²) in [6, 6.07) is 6.73. The predicted octanol–water partition coefficient (Wildman–Crippen LogP) is 4.08. The van der Waals surface area contributed by atoms with Crippen molar-refractivity contribution in [3.8, 4) is 10.4 Å². The minimum Gasteiger partial charge on any atom is -0.362 e. The summed E-state index contributed by atoms with van der Waals surface area (Å²) in [6.07, 6.45) is 4.34. The van der Waals surface area contributed by atoms with Gasteiger partial charge in [0.25, 0.3) is 5.69 Å². The van der Waals surface area contributed by atoms with Crippen molar-refractivity contribution in [2.45, 2.75) is 32.6 Å². The average molecular weight is 348 g/mol. The summed E-state index contributed by atoms with van der Waals surface area (Å²) in [4.78, 5) is 16.3. The molecule has 1 aromatic heterocycles. The van der Waals surface area contributed by atoms with E-state index in [0.717, 1.165) is 60.0 Å². The third-order valence-electron chi connectivity index (χ3n) is 3.71. The van der Waals surface area contributed by atoms with E-state index in [1.54, 1.807) is 23.5 Å². The van der Waals surface area contributed by atoms with Crippen LogP contribution < -0.4 is 10.6 Å². The van der Waals surface area contributed by atoms with E-state index in [1.165, 1.54) is 0 Å². The van der Waals surface area contributed by atoms with Gasteiger partial charge in [0.2, 0.25) is 0 Å². The topological polar surface area (TPSA) is 80.1 Å². The van der Waals surface area contributed by atoms with Crippen LogP contribution >= 0.6 is 11.3 Å². The first kappa shape index (κ1) is 18.4. The van der Waals surface area contributed by atoms with Crippen LogP contribution in [0.4, 0.5) is 10.8 Å². The van der Waals surface area contributed by atoms with Gasteiger partial charge in [0.1, 0.15) is 0 Å². The fourth-order valence-electron chi connectivity index (χ4n) is 2.48. The quantitative estimate of drug-likeness (QED) is 0.384. The smallest absolute Gasteiger partial charge is 0.269 e. The summed E-state index contributed by atoms with van der Waals surface area (Å²) in [6.45, 7) is 3.91. The van der Waals surface area contributed by atoms with Crippen LogP contribution in [0.25, 0.3) is 10.4 Å². The minimum atomic E-state index is -0.372. The molecule has 6 nitrogen and oxygen atoms in total. The molecule has 0 fully saturated rings. The van der Waals surface area contributed by atoms with E-state index in [1.807, 2.05) is 26.1 Å². The van der Waals surface area contributed by atoms with Crippen molar-refractivity contribution in [3.63, 3.8) is 0 Å². The first-order valence-electron chi connectivity index (χ1n) is 8.28. The lowest BCUT2D eigenvalue weighted by Gasteiger charge is -2.03. The van der Waals surface area contributed by atoms with E-state index in [9.17, 15) is 10.1 Å². The number of nitro groups is 1. The number of benzene rings is 1. The Kier molecular flexibility index (Phi) is 7.14. The molecule has 0 unspecified atom stereocenters. The van der Waals surface area contributed by atoms with Gasteiger partial charge in [0.15, 0.2) is 5.13 Å². The van der Waals surface area contributed by atoms with Crippen molar-refractivity contribution in [3.05, 3.63) is 40.1 Å². The summed E-state index contributed by atoms with van der Waals surface area (Å²) in [7, 11) is 1.97. The molecule has 0 amide bonds. The maximum atomic E-state index is 10.8. The summed E-state index contributed by atoms with van der Waals surface area (Å²) in [5, 5.41) is 18.2. The molecule has 0 aliphatic heterocycles. The highest BCUT2D eigenvalue weighted by molar-refractivity contribution is 7.19. The maximum Gasteiger partial charge on any atom is 0.269 e. The predicted molar refractivity (Wildman–Crippen MR) is 99.8 cm³/mol. The number of nitrogens with one attached hydrogen (secondary N) is 2. The Bertz CT molecular complexity index is 655. The van der Waals surface area contributed by atoms with Crippen LogP contribution in [-0.4, -0.2) is 30.0 Å². The fraction of sp³-hybridized carbons (Fsp3) is 0.471. The average Bonchev–Trinajstić information content (AvgIpc) is 2.98. The van der Waals surface area contributed by atoms with E-state index in [2.05, 4.69) is 10.6 Å². The molecule has 24 heavy (non-hydrogen) atoms. The van der Waals surface area contributed by atoms with E-state index >= 15 is 0 Å². The van der Waals surface area contributed by atoms with Gasteiger partial charge in [-0.3, -0.25) is 10.1 Å². The van der Waals surface area contributed by atoms with E-state index in [0.29, 0.717) is 0 Å². The highest BCUT2D eigenvalue weighted by Crippen LogP contribution is 2.34. The van der Waals surface area contributed by atoms with Gasteiger partial charge in [-0.05, 0) is 57.5 Å². The Morgan fingerprint density at radius 2 is 1.96 bits per heavy atom. The lowest BCUT2D eigenvalue weighted by molar-refractivity contribution is -0.384. The molecular weight excluding hydrogens is 324 g/mol. The van der Waals surface area contributed by atoms with Gasteiger partial charge >= 0.3 is 0 Å². The number of aromatic nitrogens is 1. The Hall–Kier alpha value is -1.99. The third kappa shape index (κ3) is 5.01. The molecule has 0 bridgehead atoms. The number of aryl methyl sites for hydroxylation is 1. The summed E-state index contributed by atoms with van der Waals surface area (Å²) in [5.74, 6) is 0. The van der Waals surface area contributed by atoms with Crippen molar-refractivity contribution in [2.24, 2.45) is 0 Å². The third-order valence-corrected chi connectivity index (χ3v) is 4.81. The molecule has 2 N–H and O–H groups in total. The molecule has 2 aromatic rings. The molecule has 2 rings (SSSR count). The van der Waals surface area contributed by atoms with Gasteiger partial charge in [-0.25, -0.2) is 4.98 Å². The first-order valence-corrected chi connectivity index (χ1v) is 9.10. The number of nitro benzene ring substituents is 1. The molecule has 0 spiro atoms. The van der Waals surface area contributed by atoms with Gasteiger partial charge in [-0.1, -0.05) is 17.8 Å². The SMILES string of the molecule is CCNc1nc(CCCCCNC)c(-c2ccc([N+](=O)[O-])cc2)s1. The van der Waals surface area contributed by atoms with Crippen LogP contribution in [-0.2, 0) is 6.42 Å². The van der Waals surface area contributed by atoms with Gasteiger partial charge in [0.05, 0.1) is 15.5 Å². The number of hydrogen-bond donors (Lipinski definition) is 2. The van der Waals surface area contributed by atoms with Crippen LogP contribution in [0.1, 0.15) is 31.9 Å². The van der Waals surface area contributed by atoms with Gasteiger partial charge in [-0.2, -0.15) is 0 Å². The number of unbranched alkanes of at least 4 members (excludes halogenated alkanes) is 2. The highest BCUT2D eigenvalue weighted by atomic mass is 32.1. The molecule has 1 heterocycles. The van der Waals surface area contributed by atoms with Gasteiger partial charge in [-0.15, -0.1) is 0 Å². The van der Waals surface area contributed by atoms with E-state index in [4.69, 9.17) is 4.98 Å². The molecule has 0 aliphatic carbocycles. The standard InChI is InChI=1S/C17H24N4O2S/c1-3-19-17-20-15(7-5-4-6-12-18-2)16(24-17)13-8-10-14(11-9-13)21(22)23/h8-11,18H,3-7,12H2,1-2H3,(H,19,20). The number of nitrogens with zero attached hydrogens (tertiary/aromatic N) is 2. The second-order valence-electron chi connectivity index (χ2n) is 5.54. The van der Waals surface area contributed by atoms with Crippen LogP contribution in [0.15, 0.2) is 24.3 Å². The lowest BCUT2D eigenvalue weighted by Crippen LogP contribution is -2.07. The van der Waals surface area contributed by atoms with Crippen LogP contribution in [0.5, 0.6) is 0 Å². The zero-order valence-corrected chi connectivity index (χ0v) is 15.0. The largest absolute Gasteiger partial charge is 0.362 e. The second-order valence-corrected chi connectivity index (χ2v) is 6.54. The van der Waals surface area contributed by atoms with E-state index in [-0.39, 0.29) is 10.6 Å². The summed E-state index contributed by atoms with van der Waals surface area (Å²) >= 11 is 1.62. The number of rotatable bonds is 10. The van der Waals surface area contributed by atoms with Crippen molar-refractivity contribution < 1.29 is 4.92 Å². The molecule has 130 valence electrons. The highest BCUT2D eigenvalue weighted by Gasteiger charge is 2.14. The monoisotopic (exact) mass is 348 g/mol. The Morgan fingerprint density at radius 3 is 2.58 bits per heavy atom. The first-order chi connectivity index (χ1) is 11.7. The van der Waals surface area contributed by atoms with Crippen LogP contribution in [0, 0.1) is 10.1 Å². The molecule has 0 radical (unpaired) electrons. The number of hydrogen-bond acceptors (Lipinski definition) is 6. The zero-order chi connectivity index (χ0) is 17.4. The minimum absolute atomic E-state index is 0.115.